The van der Waals surface area contributed by atoms with Gasteiger partial charge in [0, 0.05) is 68.9 Å². The molecule has 2 aromatic heterocycles. The van der Waals surface area contributed by atoms with Gasteiger partial charge >= 0.3 is 0 Å². The molecule has 0 saturated carbocycles. The van der Waals surface area contributed by atoms with Gasteiger partial charge in [0.25, 0.3) is 0 Å². The molecule has 7 heteroatoms. The van der Waals surface area contributed by atoms with E-state index in [1.807, 2.05) is 42.5 Å². The van der Waals surface area contributed by atoms with Crippen LogP contribution in [0, 0.1) is 11.3 Å². The average Bonchev–Trinajstić information content (AvgIpc) is 3.27. The molecule has 0 aromatic carbocycles. The molecule has 132 valence electrons. The van der Waals surface area contributed by atoms with E-state index in [1.54, 1.807) is 4.90 Å². The minimum atomic E-state index is -0.0779. The highest BCUT2D eigenvalue weighted by molar-refractivity contribution is 5.91. The minimum absolute atomic E-state index is 0.0398. The number of allylic oxidation sites excluding steroid dienone is 1. The minimum Gasteiger partial charge on any atom is -0.367 e. The summed E-state index contributed by atoms with van der Waals surface area (Å²) in [4.78, 5) is 20.5. The number of piperazine rings is 1. The van der Waals surface area contributed by atoms with Gasteiger partial charge in [-0.25, -0.2) is 0 Å². The first-order valence-corrected chi connectivity index (χ1v) is 8.73. The van der Waals surface area contributed by atoms with Crippen LogP contribution >= 0.6 is 0 Å². The van der Waals surface area contributed by atoms with Crippen molar-refractivity contribution in [2.75, 3.05) is 31.1 Å². The van der Waals surface area contributed by atoms with Crippen LogP contribution in [0.3, 0.4) is 0 Å². The zero-order valence-corrected chi connectivity index (χ0v) is 14.7. The predicted molar refractivity (Wildman–Crippen MR) is 98.0 cm³/mol. The summed E-state index contributed by atoms with van der Waals surface area (Å²) in [6.07, 6.45) is 8.76. The van der Waals surface area contributed by atoms with E-state index in [0.717, 1.165) is 30.8 Å². The van der Waals surface area contributed by atoms with Crippen molar-refractivity contribution in [1.29, 1.82) is 5.26 Å². The van der Waals surface area contributed by atoms with Gasteiger partial charge in [-0.2, -0.15) is 10.4 Å². The van der Waals surface area contributed by atoms with Crippen molar-refractivity contribution in [2.45, 2.75) is 12.8 Å². The fourth-order valence-corrected chi connectivity index (χ4v) is 3.63. The van der Waals surface area contributed by atoms with Crippen LogP contribution in [-0.4, -0.2) is 51.8 Å². The monoisotopic (exact) mass is 348 g/mol. The molecule has 1 aliphatic carbocycles. The summed E-state index contributed by atoms with van der Waals surface area (Å²) in [6, 6.07) is 3.99. The smallest absolute Gasteiger partial charge is 0.236 e. The third kappa shape index (κ3) is 2.94. The zero-order valence-electron chi connectivity index (χ0n) is 14.7. The van der Waals surface area contributed by atoms with E-state index < -0.39 is 0 Å². The topological polar surface area (TPSA) is 78.0 Å². The maximum atomic E-state index is 11.9. The molecule has 0 unspecified atom stereocenters. The molecule has 2 aliphatic rings. The number of pyridine rings is 1. The van der Waals surface area contributed by atoms with Crippen molar-refractivity contribution >= 4 is 23.2 Å². The second kappa shape index (κ2) is 6.64. The van der Waals surface area contributed by atoms with E-state index in [4.69, 9.17) is 5.26 Å². The van der Waals surface area contributed by atoms with Crippen molar-refractivity contribution in [3.63, 3.8) is 0 Å². The molecule has 1 aliphatic heterocycles. The normalized spacial score (nSPS) is 16.2. The molecule has 0 radical (unpaired) electrons. The molecule has 1 saturated heterocycles. The molecule has 0 N–H and O–H groups in total. The second-order valence-electron chi connectivity index (χ2n) is 6.64. The third-order valence-electron chi connectivity index (χ3n) is 5.01. The molecule has 4 rings (SSSR count). The van der Waals surface area contributed by atoms with Gasteiger partial charge in [-0.1, -0.05) is 0 Å². The summed E-state index contributed by atoms with van der Waals surface area (Å²) < 4.78 is 1.81. The second-order valence-corrected chi connectivity index (χ2v) is 6.64. The highest BCUT2D eigenvalue weighted by Gasteiger charge is 2.25. The standard InChI is InChI=1S/C19H20N6O/c1-23-13-15(12-22-23)14-10-16-17(11-14)21-5-3-18(16)24-6-8-25(9-7-24)19(26)2-4-20/h3,5,10,12-13H,2,6-9,11H2,1H3. The van der Waals surface area contributed by atoms with Crippen molar-refractivity contribution in [3.8, 4) is 6.07 Å². The van der Waals surface area contributed by atoms with E-state index in [1.165, 1.54) is 16.8 Å². The number of carbonyl (C=O) groups excluding carboxylic acids is 1. The van der Waals surface area contributed by atoms with Crippen molar-refractivity contribution in [2.24, 2.45) is 7.05 Å². The molecule has 1 fully saturated rings. The number of carbonyl (C=O) groups is 1. The Labute approximate surface area is 152 Å². The zero-order chi connectivity index (χ0) is 18.1. The quantitative estimate of drug-likeness (QED) is 0.839. The Morgan fingerprint density at radius 2 is 2.12 bits per heavy atom. The van der Waals surface area contributed by atoms with Crippen LogP contribution in [0.25, 0.3) is 11.6 Å². The molecule has 26 heavy (non-hydrogen) atoms. The van der Waals surface area contributed by atoms with E-state index >= 15 is 0 Å². The summed E-state index contributed by atoms with van der Waals surface area (Å²) in [7, 11) is 1.92. The predicted octanol–water partition coefficient (Wildman–Crippen LogP) is 1.47. The van der Waals surface area contributed by atoms with Gasteiger partial charge in [-0.05, 0) is 17.7 Å². The van der Waals surface area contributed by atoms with E-state index in [-0.39, 0.29) is 12.3 Å². The Morgan fingerprint density at radius 1 is 1.31 bits per heavy atom. The summed E-state index contributed by atoms with van der Waals surface area (Å²) in [5, 5.41) is 13.0. The maximum absolute atomic E-state index is 11.9. The summed E-state index contributed by atoms with van der Waals surface area (Å²) >= 11 is 0. The Balaban J connectivity index is 1.54. The summed E-state index contributed by atoms with van der Waals surface area (Å²) in [5.41, 5.74) is 5.79. The molecular formula is C19H20N6O. The Hall–Kier alpha value is -3.14. The van der Waals surface area contributed by atoms with Crippen molar-refractivity contribution in [3.05, 3.63) is 41.5 Å². The van der Waals surface area contributed by atoms with E-state index in [0.29, 0.717) is 13.1 Å². The summed E-state index contributed by atoms with van der Waals surface area (Å²) in [6.45, 7) is 2.83. The Kier molecular flexibility index (Phi) is 4.17. The first kappa shape index (κ1) is 16.3. The van der Waals surface area contributed by atoms with Gasteiger partial charge in [-0.3, -0.25) is 14.5 Å². The number of nitrogens with zero attached hydrogens (tertiary/aromatic N) is 6. The first-order chi connectivity index (χ1) is 12.7. The SMILES string of the molecule is Cn1cc(C2=Cc3c(N4CCN(C(=O)CC#N)CC4)ccnc3C2)cn1. The lowest BCUT2D eigenvalue weighted by Crippen LogP contribution is -2.48. The Bertz CT molecular complexity index is 914. The number of amides is 1. The molecule has 0 atom stereocenters. The average molecular weight is 348 g/mol. The molecular weight excluding hydrogens is 328 g/mol. The van der Waals surface area contributed by atoms with Gasteiger partial charge in [-0.15, -0.1) is 0 Å². The van der Waals surface area contributed by atoms with Crippen LogP contribution < -0.4 is 4.90 Å². The van der Waals surface area contributed by atoms with Crippen LogP contribution in [0.5, 0.6) is 0 Å². The van der Waals surface area contributed by atoms with Crippen molar-refractivity contribution < 1.29 is 4.79 Å². The van der Waals surface area contributed by atoms with Crippen LogP contribution in [0.2, 0.25) is 0 Å². The fourth-order valence-electron chi connectivity index (χ4n) is 3.63. The number of aromatic nitrogens is 3. The van der Waals surface area contributed by atoms with Gasteiger partial charge in [0.2, 0.25) is 5.91 Å². The van der Waals surface area contributed by atoms with Gasteiger partial charge in [0.1, 0.15) is 6.42 Å². The van der Waals surface area contributed by atoms with E-state index in [9.17, 15) is 4.79 Å². The van der Waals surface area contributed by atoms with E-state index in [2.05, 4.69) is 21.1 Å². The number of anilines is 1. The highest BCUT2D eigenvalue weighted by atomic mass is 16.2. The van der Waals surface area contributed by atoms with Crippen LogP contribution in [0.1, 0.15) is 23.2 Å². The van der Waals surface area contributed by atoms with Gasteiger partial charge < -0.3 is 9.80 Å². The number of nitriles is 1. The van der Waals surface area contributed by atoms with Crippen LogP contribution in [-0.2, 0) is 18.3 Å². The number of hydrogen-bond donors (Lipinski definition) is 0. The number of fused-ring (bicyclic) bond motifs is 1. The van der Waals surface area contributed by atoms with Crippen molar-refractivity contribution in [1.82, 2.24) is 19.7 Å². The molecule has 1 amide bonds. The lowest BCUT2D eigenvalue weighted by Gasteiger charge is -2.36. The fraction of sp³-hybridized carbons (Fsp3) is 0.368. The first-order valence-electron chi connectivity index (χ1n) is 8.73. The van der Waals surface area contributed by atoms with Gasteiger partial charge in [0.05, 0.1) is 18.0 Å². The number of rotatable bonds is 3. The lowest BCUT2D eigenvalue weighted by molar-refractivity contribution is -0.130. The maximum Gasteiger partial charge on any atom is 0.236 e. The lowest BCUT2D eigenvalue weighted by atomic mass is 10.1. The third-order valence-corrected chi connectivity index (χ3v) is 5.01. The number of aryl methyl sites for hydroxylation is 1. The molecule has 0 spiro atoms. The number of hydrogen-bond acceptors (Lipinski definition) is 5. The van der Waals surface area contributed by atoms with Crippen LogP contribution in [0.15, 0.2) is 24.7 Å². The highest BCUT2D eigenvalue weighted by Crippen LogP contribution is 2.36. The Morgan fingerprint density at radius 3 is 2.81 bits per heavy atom. The molecule has 7 nitrogen and oxygen atoms in total. The summed E-state index contributed by atoms with van der Waals surface area (Å²) in [5.74, 6) is -0.0779. The molecule has 2 aromatic rings. The molecule has 3 heterocycles. The largest absolute Gasteiger partial charge is 0.367 e. The van der Waals surface area contributed by atoms with Crippen LogP contribution in [0.4, 0.5) is 5.69 Å². The van der Waals surface area contributed by atoms with Gasteiger partial charge in [0.15, 0.2) is 0 Å². The molecule has 0 bridgehead atoms.